The average Bonchev–Trinajstić information content (AvgIpc) is 2.30. The summed E-state index contributed by atoms with van der Waals surface area (Å²) in [6.07, 6.45) is 2.07. The minimum atomic E-state index is -0.540. The molecule has 0 saturated heterocycles. The van der Waals surface area contributed by atoms with Crippen LogP contribution in [0.4, 0.5) is 8.78 Å². The van der Waals surface area contributed by atoms with E-state index in [0.29, 0.717) is 23.9 Å². The Morgan fingerprint density at radius 2 is 2.12 bits per heavy atom. The molecule has 0 heterocycles. The molecular weight excluding hydrogens is 244 g/mol. The van der Waals surface area contributed by atoms with Gasteiger partial charge in [0, 0.05) is 24.1 Å². The molecule has 0 spiro atoms. The van der Waals surface area contributed by atoms with E-state index in [9.17, 15) is 8.78 Å². The molecule has 1 nitrogen and oxygen atoms in total. The third-order valence-corrected chi connectivity index (χ3v) is 3.17. The maximum absolute atomic E-state index is 13.2. The van der Waals surface area contributed by atoms with Crippen molar-refractivity contribution in [2.24, 2.45) is 5.92 Å². The molecule has 0 aromatic heterocycles. The van der Waals surface area contributed by atoms with E-state index in [1.165, 1.54) is 12.1 Å². The number of alkyl halides is 1. The van der Waals surface area contributed by atoms with Crippen LogP contribution >= 0.6 is 11.6 Å². The summed E-state index contributed by atoms with van der Waals surface area (Å²) in [4.78, 5) is 0. The quantitative estimate of drug-likeness (QED) is 0.583. The third kappa shape index (κ3) is 5.46. The maximum atomic E-state index is 13.2. The summed E-state index contributed by atoms with van der Waals surface area (Å²) in [7, 11) is 0. The smallest absolute Gasteiger partial charge is 0.130 e. The van der Waals surface area contributed by atoms with E-state index in [-0.39, 0.29) is 0 Å². The molecule has 17 heavy (non-hydrogen) atoms. The van der Waals surface area contributed by atoms with Crippen LogP contribution in [0.25, 0.3) is 0 Å². The van der Waals surface area contributed by atoms with Gasteiger partial charge in [0.15, 0.2) is 0 Å². The molecule has 96 valence electrons. The lowest BCUT2D eigenvalue weighted by molar-refractivity contribution is 0.521. The number of benzene rings is 1. The first-order chi connectivity index (χ1) is 8.13. The number of hydrogen-bond donors (Lipinski definition) is 1. The summed E-state index contributed by atoms with van der Waals surface area (Å²) in [6.45, 7) is 3.35. The van der Waals surface area contributed by atoms with Crippen molar-refractivity contribution in [2.75, 3.05) is 12.4 Å². The minimum Gasteiger partial charge on any atom is -0.313 e. The standard InChI is InChI=1S/C13H18ClF2N/c1-10(8-14)3-2-6-17-9-11-4-5-12(15)7-13(11)16/h4-5,7,10,17H,2-3,6,8-9H2,1H3. The van der Waals surface area contributed by atoms with Crippen LogP contribution in [0.15, 0.2) is 18.2 Å². The Morgan fingerprint density at radius 1 is 1.35 bits per heavy atom. The predicted octanol–water partition coefficient (Wildman–Crippen LogP) is 3.71. The zero-order chi connectivity index (χ0) is 12.7. The average molecular weight is 262 g/mol. The van der Waals surface area contributed by atoms with Gasteiger partial charge < -0.3 is 5.32 Å². The monoisotopic (exact) mass is 261 g/mol. The van der Waals surface area contributed by atoms with Gasteiger partial charge in [-0.05, 0) is 31.4 Å². The van der Waals surface area contributed by atoms with Crippen LogP contribution in [-0.4, -0.2) is 12.4 Å². The fourth-order valence-electron chi connectivity index (χ4n) is 1.54. The Labute approximate surface area is 106 Å². The lowest BCUT2D eigenvalue weighted by Crippen LogP contribution is -2.16. The van der Waals surface area contributed by atoms with Crippen LogP contribution in [-0.2, 0) is 6.54 Å². The number of nitrogens with one attached hydrogen (secondary N) is 1. The summed E-state index contributed by atoms with van der Waals surface area (Å²) >= 11 is 5.69. The van der Waals surface area contributed by atoms with E-state index in [1.54, 1.807) is 0 Å². The van der Waals surface area contributed by atoms with Crippen molar-refractivity contribution >= 4 is 11.6 Å². The second-order valence-electron chi connectivity index (χ2n) is 4.31. The molecule has 1 atom stereocenters. The SMILES string of the molecule is CC(CCl)CCCNCc1ccc(F)cc1F. The fourth-order valence-corrected chi connectivity index (χ4v) is 1.70. The van der Waals surface area contributed by atoms with E-state index >= 15 is 0 Å². The largest absolute Gasteiger partial charge is 0.313 e. The molecule has 1 aromatic carbocycles. The van der Waals surface area contributed by atoms with Crippen LogP contribution in [0.2, 0.25) is 0 Å². The van der Waals surface area contributed by atoms with Gasteiger partial charge in [-0.1, -0.05) is 13.0 Å². The van der Waals surface area contributed by atoms with Crippen molar-refractivity contribution in [3.63, 3.8) is 0 Å². The molecule has 0 aliphatic heterocycles. The van der Waals surface area contributed by atoms with Gasteiger partial charge in [-0.15, -0.1) is 11.6 Å². The molecule has 4 heteroatoms. The highest BCUT2D eigenvalue weighted by atomic mass is 35.5. The summed E-state index contributed by atoms with van der Waals surface area (Å²) in [5, 5.41) is 3.14. The zero-order valence-corrected chi connectivity index (χ0v) is 10.7. The normalized spacial score (nSPS) is 12.7. The molecule has 1 rings (SSSR count). The van der Waals surface area contributed by atoms with Crippen LogP contribution in [0.1, 0.15) is 25.3 Å². The van der Waals surface area contributed by atoms with E-state index < -0.39 is 11.6 Å². The molecule has 0 radical (unpaired) electrons. The van der Waals surface area contributed by atoms with Crippen molar-refractivity contribution in [1.82, 2.24) is 5.32 Å². The van der Waals surface area contributed by atoms with Gasteiger partial charge in [-0.3, -0.25) is 0 Å². The van der Waals surface area contributed by atoms with Crippen LogP contribution in [0.3, 0.4) is 0 Å². The van der Waals surface area contributed by atoms with Gasteiger partial charge >= 0.3 is 0 Å². The van der Waals surface area contributed by atoms with Gasteiger partial charge in [0.25, 0.3) is 0 Å². The van der Waals surface area contributed by atoms with Gasteiger partial charge in [0.1, 0.15) is 11.6 Å². The fraction of sp³-hybridized carbons (Fsp3) is 0.538. The Bertz CT molecular complexity index is 344. The second-order valence-corrected chi connectivity index (χ2v) is 4.62. The minimum absolute atomic E-state index is 0.432. The highest BCUT2D eigenvalue weighted by Gasteiger charge is 2.03. The third-order valence-electron chi connectivity index (χ3n) is 2.64. The lowest BCUT2D eigenvalue weighted by atomic mass is 10.1. The van der Waals surface area contributed by atoms with Crippen molar-refractivity contribution in [3.8, 4) is 0 Å². The molecule has 1 aromatic rings. The molecule has 0 aliphatic rings. The first-order valence-corrected chi connectivity index (χ1v) is 6.37. The van der Waals surface area contributed by atoms with Crippen LogP contribution < -0.4 is 5.32 Å². The molecule has 1 unspecified atom stereocenters. The Morgan fingerprint density at radius 3 is 2.76 bits per heavy atom. The molecule has 0 fully saturated rings. The molecule has 1 N–H and O–H groups in total. The topological polar surface area (TPSA) is 12.0 Å². The number of rotatable bonds is 7. The summed E-state index contributed by atoms with van der Waals surface area (Å²) in [6, 6.07) is 3.65. The molecule has 0 aliphatic carbocycles. The maximum Gasteiger partial charge on any atom is 0.130 e. The van der Waals surface area contributed by atoms with Crippen molar-refractivity contribution in [2.45, 2.75) is 26.3 Å². The van der Waals surface area contributed by atoms with Crippen molar-refractivity contribution in [3.05, 3.63) is 35.4 Å². The van der Waals surface area contributed by atoms with Crippen LogP contribution in [0, 0.1) is 17.6 Å². The Balaban J connectivity index is 2.22. The van der Waals surface area contributed by atoms with Gasteiger partial charge in [-0.2, -0.15) is 0 Å². The van der Waals surface area contributed by atoms with E-state index in [2.05, 4.69) is 12.2 Å². The zero-order valence-electron chi connectivity index (χ0n) is 9.98. The van der Waals surface area contributed by atoms with Gasteiger partial charge in [-0.25, -0.2) is 8.78 Å². The van der Waals surface area contributed by atoms with Crippen LogP contribution in [0.5, 0.6) is 0 Å². The van der Waals surface area contributed by atoms with E-state index in [1.807, 2.05) is 0 Å². The summed E-state index contributed by atoms with van der Waals surface area (Å²) in [5.74, 6) is 0.155. The van der Waals surface area contributed by atoms with Gasteiger partial charge in [0.05, 0.1) is 0 Å². The second kappa shape index (κ2) is 7.62. The van der Waals surface area contributed by atoms with Gasteiger partial charge in [0.2, 0.25) is 0 Å². The number of hydrogen-bond acceptors (Lipinski definition) is 1. The molecule has 0 saturated carbocycles. The number of halogens is 3. The summed E-state index contributed by atoms with van der Waals surface area (Å²) in [5.41, 5.74) is 0.497. The lowest BCUT2D eigenvalue weighted by Gasteiger charge is -2.08. The van der Waals surface area contributed by atoms with Crippen molar-refractivity contribution < 1.29 is 8.78 Å². The molecular formula is C13H18ClF2N. The van der Waals surface area contributed by atoms with E-state index in [0.717, 1.165) is 25.5 Å². The predicted molar refractivity (Wildman–Crippen MR) is 67.2 cm³/mol. The molecule has 0 bridgehead atoms. The van der Waals surface area contributed by atoms with E-state index in [4.69, 9.17) is 11.6 Å². The van der Waals surface area contributed by atoms with Crippen molar-refractivity contribution in [1.29, 1.82) is 0 Å². The molecule has 0 amide bonds. The highest BCUT2D eigenvalue weighted by molar-refractivity contribution is 6.18. The first kappa shape index (κ1) is 14.4. The highest BCUT2D eigenvalue weighted by Crippen LogP contribution is 2.09. The first-order valence-electron chi connectivity index (χ1n) is 5.84. The Hall–Kier alpha value is -0.670. The Kier molecular flexibility index (Phi) is 6.45. The summed E-state index contributed by atoms with van der Waals surface area (Å²) < 4.78 is 25.9.